The lowest BCUT2D eigenvalue weighted by atomic mass is 9.64. The maximum absolute atomic E-state index is 13.5. The number of hydrogen-bond donors (Lipinski definition) is 1. The normalized spacial score (nSPS) is 18.0. The first kappa shape index (κ1) is 16.8. The maximum Gasteiger partial charge on any atom is 0.171 e. The number of aryl methyl sites for hydroxylation is 1. The van der Waals surface area contributed by atoms with Gasteiger partial charge >= 0.3 is 0 Å². The summed E-state index contributed by atoms with van der Waals surface area (Å²) in [5.74, 6) is 0.0669. The van der Waals surface area contributed by atoms with Crippen LogP contribution in [0.5, 0.6) is 0 Å². The van der Waals surface area contributed by atoms with Crippen LogP contribution in [0, 0.1) is 6.92 Å². The summed E-state index contributed by atoms with van der Waals surface area (Å²) in [7, 11) is 0. The Morgan fingerprint density at radius 1 is 0.857 bits per heavy atom. The fourth-order valence-electron chi connectivity index (χ4n) is 4.68. The van der Waals surface area contributed by atoms with Crippen molar-refractivity contribution in [3.05, 3.63) is 119 Å². The van der Waals surface area contributed by atoms with E-state index in [2.05, 4.69) is 66.6 Å². The third kappa shape index (κ3) is 2.31. The minimum absolute atomic E-state index is 0.0691. The molecule has 2 nitrogen and oxygen atoms in total. The topological polar surface area (TPSA) is 32.9 Å². The SMILES string of the molecule is Cc1ccc2[nH]cc([C@H]3C=CC(=O)C3(c3ccccc3)c3ccccc3)c2c1. The Hall–Kier alpha value is -3.39. The molecule has 136 valence electrons. The van der Waals surface area contributed by atoms with Crippen molar-refractivity contribution in [2.45, 2.75) is 18.3 Å². The Morgan fingerprint density at radius 3 is 2.14 bits per heavy atom. The Morgan fingerprint density at radius 2 is 1.50 bits per heavy atom. The Bertz CT molecular complexity index is 1150. The number of H-pyrrole nitrogens is 1. The lowest BCUT2D eigenvalue weighted by Gasteiger charge is -2.35. The Labute approximate surface area is 164 Å². The standard InChI is InChI=1S/C26H21NO/c1-18-12-14-24-21(16-18)22(17-27-24)23-13-15-25(28)26(23,19-8-4-2-5-9-19)20-10-6-3-7-11-20/h2-17,23,27H,1H3/t23-/m1/s1. The molecule has 28 heavy (non-hydrogen) atoms. The molecule has 1 heterocycles. The third-order valence-corrected chi connectivity index (χ3v) is 5.96. The van der Waals surface area contributed by atoms with Crippen molar-refractivity contribution in [1.82, 2.24) is 4.98 Å². The largest absolute Gasteiger partial charge is 0.361 e. The number of rotatable bonds is 3. The molecule has 0 unspecified atom stereocenters. The summed E-state index contributed by atoms with van der Waals surface area (Å²) in [5.41, 5.74) is 4.79. The van der Waals surface area contributed by atoms with E-state index in [-0.39, 0.29) is 11.7 Å². The molecule has 1 aromatic heterocycles. The molecule has 0 radical (unpaired) electrons. The summed E-state index contributed by atoms with van der Waals surface area (Å²) in [6.45, 7) is 2.10. The van der Waals surface area contributed by atoms with Gasteiger partial charge in [-0.25, -0.2) is 0 Å². The Balaban J connectivity index is 1.82. The van der Waals surface area contributed by atoms with Crippen LogP contribution in [0.1, 0.15) is 28.2 Å². The molecule has 0 amide bonds. The molecule has 0 saturated heterocycles. The van der Waals surface area contributed by atoms with Gasteiger partial charge in [-0.1, -0.05) is 78.4 Å². The molecule has 1 aliphatic carbocycles. The second-order valence-corrected chi connectivity index (χ2v) is 7.53. The summed E-state index contributed by atoms with van der Waals surface area (Å²) in [4.78, 5) is 16.9. The summed E-state index contributed by atoms with van der Waals surface area (Å²) >= 11 is 0. The molecule has 2 heteroatoms. The zero-order valence-corrected chi connectivity index (χ0v) is 15.7. The molecular formula is C26H21NO. The van der Waals surface area contributed by atoms with Gasteiger partial charge in [0.05, 0.1) is 5.41 Å². The van der Waals surface area contributed by atoms with E-state index in [9.17, 15) is 4.79 Å². The van der Waals surface area contributed by atoms with Crippen LogP contribution in [-0.4, -0.2) is 10.8 Å². The van der Waals surface area contributed by atoms with Gasteiger partial charge in [-0.05, 0) is 41.8 Å². The van der Waals surface area contributed by atoms with Crippen molar-refractivity contribution in [2.24, 2.45) is 0 Å². The summed E-state index contributed by atoms with van der Waals surface area (Å²) in [6.07, 6.45) is 5.91. The monoisotopic (exact) mass is 363 g/mol. The minimum atomic E-state index is -0.749. The number of nitrogens with one attached hydrogen (secondary N) is 1. The number of aromatic nitrogens is 1. The third-order valence-electron chi connectivity index (χ3n) is 5.96. The average molecular weight is 363 g/mol. The highest BCUT2D eigenvalue weighted by Gasteiger charge is 2.50. The number of hydrogen-bond acceptors (Lipinski definition) is 1. The molecule has 4 aromatic rings. The molecule has 0 spiro atoms. The number of ketones is 1. The van der Waals surface area contributed by atoms with Crippen molar-refractivity contribution >= 4 is 16.7 Å². The van der Waals surface area contributed by atoms with Crippen LogP contribution in [0.15, 0.2) is 97.2 Å². The quantitative estimate of drug-likeness (QED) is 0.499. The average Bonchev–Trinajstić information content (AvgIpc) is 3.30. The van der Waals surface area contributed by atoms with Crippen LogP contribution in [0.25, 0.3) is 10.9 Å². The number of fused-ring (bicyclic) bond motifs is 1. The second kappa shape index (κ2) is 6.35. The summed E-state index contributed by atoms with van der Waals surface area (Å²) in [5, 5.41) is 1.18. The van der Waals surface area contributed by atoms with Crippen molar-refractivity contribution in [3.8, 4) is 0 Å². The van der Waals surface area contributed by atoms with Crippen LogP contribution in [0.3, 0.4) is 0 Å². The van der Waals surface area contributed by atoms with Gasteiger partial charge in [0.2, 0.25) is 0 Å². The van der Waals surface area contributed by atoms with Gasteiger partial charge < -0.3 is 4.98 Å². The van der Waals surface area contributed by atoms with Crippen molar-refractivity contribution in [3.63, 3.8) is 0 Å². The predicted octanol–water partition coefficient (Wildman–Crippen LogP) is 5.69. The van der Waals surface area contributed by atoms with Crippen LogP contribution in [-0.2, 0) is 10.2 Å². The number of aromatic amines is 1. The molecule has 0 fully saturated rings. The van der Waals surface area contributed by atoms with Gasteiger partial charge in [0.15, 0.2) is 5.78 Å². The van der Waals surface area contributed by atoms with E-state index in [4.69, 9.17) is 0 Å². The highest BCUT2D eigenvalue weighted by molar-refractivity contribution is 6.07. The number of carbonyl (C=O) groups is 1. The van der Waals surface area contributed by atoms with Crippen molar-refractivity contribution in [1.29, 1.82) is 0 Å². The van der Waals surface area contributed by atoms with Gasteiger partial charge in [-0.2, -0.15) is 0 Å². The smallest absolute Gasteiger partial charge is 0.171 e. The molecule has 1 N–H and O–H groups in total. The first-order valence-corrected chi connectivity index (χ1v) is 9.62. The first-order valence-electron chi connectivity index (χ1n) is 9.62. The van der Waals surface area contributed by atoms with E-state index in [1.165, 1.54) is 10.9 Å². The van der Waals surface area contributed by atoms with E-state index >= 15 is 0 Å². The predicted molar refractivity (Wildman–Crippen MR) is 114 cm³/mol. The zero-order valence-electron chi connectivity index (χ0n) is 15.7. The van der Waals surface area contributed by atoms with Crippen molar-refractivity contribution in [2.75, 3.05) is 0 Å². The lowest BCUT2D eigenvalue weighted by molar-refractivity contribution is -0.118. The number of allylic oxidation sites excluding steroid dienone is 2. The molecular weight excluding hydrogens is 342 g/mol. The highest BCUT2D eigenvalue weighted by Crippen LogP contribution is 2.51. The molecule has 0 saturated carbocycles. The van der Waals surface area contributed by atoms with Gasteiger partial charge in [0, 0.05) is 23.0 Å². The molecule has 3 aromatic carbocycles. The van der Waals surface area contributed by atoms with Crippen LogP contribution < -0.4 is 0 Å². The van der Waals surface area contributed by atoms with Crippen molar-refractivity contribution < 1.29 is 4.79 Å². The molecule has 1 aliphatic rings. The van der Waals surface area contributed by atoms with Crippen LogP contribution >= 0.6 is 0 Å². The summed E-state index contributed by atoms with van der Waals surface area (Å²) < 4.78 is 0. The highest BCUT2D eigenvalue weighted by atomic mass is 16.1. The Kier molecular flexibility index (Phi) is 3.80. The molecule has 1 atom stereocenters. The zero-order chi connectivity index (χ0) is 19.1. The number of benzene rings is 3. The summed E-state index contributed by atoms with van der Waals surface area (Å²) in [6, 6.07) is 26.8. The molecule has 5 rings (SSSR count). The van der Waals surface area contributed by atoms with Crippen LogP contribution in [0.2, 0.25) is 0 Å². The fraction of sp³-hybridized carbons (Fsp3) is 0.115. The van der Waals surface area contributed by atoms with Gasteiger partial charge in [0.1, 0.15) is 0 Å². The first-order chi connectivity index (χ1) is 13.7. The number of carbonyl (C=O) groups excluding carboxylic acids is 1. The maximum atomic E-state index is 13.5. The molecule has 0 bridgehead atoms. The van der Waals surface area contributed by atoms with E-state index in [0.717, 1.165) is 22.2 Å². The second-order valence-electron chi connectivity index (χ2n) is 7.53. The fourth-order valence-corrected chi connectivity index (χ4v) is 4.68. The van der Waals surface area contributed by atoms with E-state index in [1.54, 1.807) is 6.08 Å². The van der Waals surface area contributed by atoms with E-state index < -0.39 is 5.41 Å². The van der Waals surface area contributed by atoms with E-state index in [0.29, 0.717) is 0 Å². The van der Waals surface area contributed by atoms with E-state index in [1.807, 2.05) is 36.4 Å². The van der Waals surface area contributed by atoms with Gasteiger partial charge in [-0.3, -0.25) is 4.79 Å². The van der Waals surface area contributed by atoms with Gasteiger partial charge in [-0.15, -0.1) is 0 Å². The van der Waals surface area contributed by atoms with Gasteiger partial charge in [0.25, 0.3) is 0 Å². The lowest BCUT2D eigenvalue weighted by Crippen LogP contribution is -2.38. The van der Waals surface area contributed by atoms with Crippen LogP contribution in [0.4, 0.5) is 0 Å². The molecule has 0 aliphatic heterocycles. The minimum Gasteiger partial charge on any atom is -0.361 e.